The topological polar surface area (TPSA) is 99.8 Å². The van der Waals surface area contributed by atoms with Gasteiger partial charge in [0.05, 0.1) is 30.7 Å². The van der Waals surface area contributed by atoms with Crippen LogP contribution in [0, 0.1) is 11.3 Å². The van der Waals surface area contributed by atoms with E-state index >= 15 is 0 Å². The van der Waals surface area contributed by atoms with Gasteiger partial charge in [0.2, 0.25) is 0 Å². The zero-order valence-electron chi connectivity index (χ0n) is 13.6. The maximum Gasteiger partial charge on any atom is 0.262 e. The molecular weight excluding hydrogens is 362 g/mol. The SMILES string of the molecule is COc1cccc(CN2C(=NC(=O)CC#N)S[C@H]3CS(=O)(=O)C[C@@H]32)c1. The van der Waals surface area contributed by atoms with Gasteiger partial charge in [-0.05, 0) is 17.7 Å². The molecule has 0 aromatic heterocycles. The quantitative estimate of drug-likeness (QED) is 0.775. The number of fused-ring (bicyclic) bond motifs is 1. The minimum Gasteiger partial charge on any atom is -0.497 e. The van der Waals surface area contributed by atoms with Crippen LogP contribution in [0.25, 0.3) is 0 Å². The molecule has 1 aromatic carbocycles. The van der Waals surface area contributed by atoms with E-state index in [4.69, 9.17) is 10.00 Å². The van der Waals surface area contributed by atoms with E-state index < -0.39 is 15.7 Å². The summed E-state index contributed by atoms with van der Waals surface area (Å²) in [6.45, 7) is 0.430. The second-order valence-corrected chi connectivity index (χ2v) is 9.26. The Hall–Kier alpha value is -2.05. The molecule has 0 bridgehead atoms. The lowest BCUT2D eigenvalue weighted by Crippen LogP contribution is -2.37. The average molecular weight is 379 g/mol. The molecular formula is C16H17N3O4S2. The molecule has 0 N–H and O–H groups in total. The number of amidine groups is 1. The number of hydrogen-bond acceptors (Lipinski definition) is 6. The van der Waals surface area contributed by atoms with Gasteiger partial charge in [0, 0.05) is 11.8 Å². The highest BCUT2D eigenvalue weighted by atomic mass is 32.2. The van der Waals surface area contributed by atoms with Crippen molar-refractivity contribution in [1.82, 2.24) is 4.90 Å². The number of rotatable bonds is 4. The first-order valence-electron chi connectivity index (χ1n) is 7.67. The third kappa shape index (κ3) is 3.96. The fourth-order valence-corrected chi connectivity index (χ4v) is 6.97. The first-order chi connectivity index (χ1) is 11.9. The van der Waals surface area contributed by atoms with Gasteiger partial charge in [0.15, 0.2) is 15.0 Å². The molecule has 0 saturated carbocycles. The maximum absolute atomic E-state index is 12.0. The standard InChI is InChI=1S/C16H17N3O4S2/c1-23-12-4-2-3-11(7-12)8-19-13-9-25(21,22)10-14(13)24-16(19)18-15(20)5-6-17/h2-4,7,13-14H,5,8-10H2,1H3/t13-,14-/m0/s1. The van der Waals surface area contributed by atoms with Crippen molar-refractivity contribution in [2.45, 2.75) is 24.3 Å². The number of sulfone groups is 1. The molecule has 2 atom stereocenters. The van der Waals surface area contributed by atoms with Crippen molar-refractivity contribution in [2.24, 2.45) is 4.99 Å². The number of benzene rings is 1. The molecule has 0 radical (unpaired) electrons. The number of carbonyl (C=O) groups is 1. The number of hydrogen-bond donors (Lipinski definition) is 0. The molecule has 2 saturated heterocycles. The van der Waals surface area contributed by atoms with Crippen molar-refractivity contribution in [3.05, 3.63) is 29.8 Å². The van der Waals surface area contributed by atoms with E-state index in [9.17, 15) is 13.2 Å². The van der Waals surface area contributed by atoms with Crippen LogP contribution >= 0.6 is 11.8 Å². The van der Waals surface area contributed by atoms with Crippen LogP contribution in [-0.4, -0.2) is 54.3 Å². The molecule has 1 amide bonds. The Bertz CT molecular complexity index is 860. The minimum atomic E-state index is -3.09. The van der Waals surface area contributed by atoms with Crippen molar-refractivity contribution in [3.63, 3.8) is 0 Å². The van der Waals surface area contributed by atoms with Gasteiger partial charge < -0.3 is 9.64 Å². The molecule has 0 unspecified atom stereocenters. The summed E-state index contributed by atoms with van der Waals surface area (Å²) >= 11 is 1.31. The van der Waals surface area contributed by atoms with Crippen LogP contribution in [-0.2, 0) is 21.2 Å². The van der Waals surface area contributed by atoms with E-state index in [0.717, 1.165) is 5.56 Å². The predicted molar refractivity (Wildman–Crippen MR) is 95.0 cm³/mol. The zero-order valence-corrected chi connectivity index (χ0v) is 15.2. The molecule has 25 heavy (non-hydrogen) atoms. The van der Waals surface area contributed by atoms with Crippen molar-refractivity contribution < 1.29 is 17.9 Å². The second kappa shape index (κ2) is 7.06. The predicted octanol–water partition coefficient (Wildman–Crippen LogP) is 1.21. The van der Waals surface area contributed by atoms with Gasteiger partial charge in [0.25, 0.3) is 5.91 Å². The normalized spacial score (nSPS) is 25.6. The summed E-state index contributed by atoms with van der Waals surface area (Å²) in [7, 11) is -1.50. The van der Waals surface area contributed by atoms with Crippen molar-refractivity contribution in [2.75, 3.05) is 18.6 Å². The number of thioether (sulfide) groups is 1. The van der Waals surface area contributed by atoms with Crippen LogP contribution in [0.15, 0.2) is 29.3 Å². The molecule has 1 aromatic rings. The highest BCUT2D eigenvalue weighted by Crippen LogP contribution is 2.39. The zero-order chi connectivity index (χ0) is 18.0. The summed E-state index contributed by atoms with van der Waals surface area (Å²) in [6.07, 6.45) is -0.287. The Labute approximate surface area is 150 Å². The minimum absolute atomic E-state index is 0.0557. The Morgan fingerprint density at radius 1 is 1.48 bits per heavy atom. The smallest absolute Gasteiger partial charge is 0.262 e. The maximum atomic E-state index is 12.0. The van der Waals surface area contributed by atoms with Gasteiger partial charge >= 0.3 is 0 Å². The van der Waals surface area contributed by atoms with Crippen LogP contribution in [0.5, 0.6) is 5.75 Å². The van der Waals surface area contributed by atoms with Crippen molar-refractivity contribution >= 4 is 32.7 Å². The molecule has 2 heterocycles. The third-order valence-corrected chi connectivity index (χ3v) is 7.36. The molecule has 2 aliphatic rings. The summed E-state index contributed by atoms with van der Waals surface area (Å²) in [4.78, 5) is 17.7. The number of nitrogens with zero attached hydrogens (tertiary/aromatic N) is 3. The van der Waals surface area contributed by atoms with Gasteiger partial charge in [-0.2, -0.15) is 10.3 Å². The Kier molecular flexibility index (Phi) is 5.01. The van der Waals surface area contributed by atoms with E-state index in [1.54, 1.807) is 13.2 Å². The van der Waals surface area contributed by atoms with Gasteiger partial charge in [-0.25, -0.2) is 8.42 Å². The lowest BCUT2D eigenvalue weighted by Gasteiger charge is -2.24. The number of amides is 1. The fraction of sp³-hybridized carbons (Fsp3) is 0.438. The van der Waals surface area contributed by atoms with Gasteiger partial charge in [0.1, 0.15) is 12.2 Å². The molecule has 7 nitrogen and oxygen atoms in total. The van der Waals surface area contributed by atoms with E-state index in [0.29, 0.717) is 17.5 Å². The molecule has 9 heteroatoms. The second-order valence-electron chi connectivity index (χ2n) is 5.90. The van der Waals surface area contributed by atoms with Crippen LogP contribution in [0.4, 0.5) is 0 Å². The molecule has 0 aliphatic carbocycles. The van der Waals surface area contributed by atoms with E-state index in [1.165, 1.54) is 11.8 Å². The molecule has 132 valence electrons. The highest BCUT2D eigenvalue weighted by molar-refractivity contribution is 8.15. The monoisotopic (exact) mass is 379 g/mol. The summed E-state index contributed by atoms with van der Waals surface area (Å²) in [5.74, 6) is 0.338. The number of ether oxygens (including phenoxy) is 1. The average Bonchev–Trinajstić information content (AvgIpc) is 3.01. The fourth-order valence-electron chi connectivity index (χ4n) is 3.00. The number of carbonyl (C=O) groups excluding carboxylic acids is 1. The largest absolute Gasteiger partial charge is 0.497 e. The summed E-state index contributed by atoms with van der Waals surface area (Å²) in [5.41, 5.74) is 0.935. The first-order valence-corrected chi connectivity index (χ1v) is 10.4. The van der Waals surface area contributed by atoms with Crippen LogP contribution in [0.3, 0.4) is 0 Å². The Morgan fingerprint density at radius 3 is 3.00 bits per heavy atom. The lowest BCUT2D eigenvalue weighted by molar-refractivity contribution is -0.116. The Morgan fingerprint density at radius 2 is 2.28 bits per heavy atom. The van der Waals surface area contributed by atoms with Gasteiger partial charge in [-0.1, -0.05) is 23.9 Å². The van der Waals surface area contributed by atoms with E-state index in [2.05, 4.69) is 4.99 Å². The number of nitriles is 1. The summed E-state index contributed by atoms with van der Waals surface area (Å²) in [6, 6.07) is 9.05. The van der Waals surface area contributed by atoms with Crippen molar-refractivity contribution in [3.8, 4) is 11.8 Å². The molecule has 2 fully saturated rings. The third-order valence-electron chi connectivity index (χ3n) is 4.11. The van der Waals surface area contributed by atoms with Crippen molar-refractivity contribution in [1.29, 1.82) is 5.26 Å². The number of methoxy groups -OCH3 is 1. The molecule has 2 aliphatic heterocycles. The van der Waals surface area contributed by atoms with Gasteiger partial charge in [-0.15, -0.1) is 0 Å². The van der Waals surface area contributed by atoms with Gasteiger partial charge in [-0.3, -0.25) is 4.79 Å². The van der Waals surface area contributed by atoms with Crippen LogP contribution in [0.2, 0.25) is 0 Å². The first kappa shape index (κ1) is 17.8. The van der Waals surface area contributed by atoms with E-state index in [1.807, 2.05) is 29.2 Å². The molecule has 3 rings (SSSR count). The van der Waals surface area contributed by atoms with Crippen LogP contribution in [0.1, 0.15) is 12.0 Å². The lowest BCUT2D eigenvalue weighted by atomic mass is 10.1. The summed E-state index contributed by atoms with van der Waals surface area (Å²) < 4.78 is 29.2. The number of aliphatic imine (C=N–C) groups is 1. The van der Waals surface area contributed by atoms with Crippen LogP contribution < -0.4 is 4.74 Å². The highest BCUT2D eigenvalue weighted by Gasteiger charge is 2.48. The van der Waals surface area contributed by atoms with E-state index in [-0.39, 0.29) is 29.2 Å². The summed E-state index contributed by atoms with van der Waals surface area (Å²) in [5, 5.41) is 9.00. The molecule has 0 spiro atoms. The Balaban J connectivity index is 1.89.